The molecule has 1 fully saturated rings. The molecule has 1 saturated carbocycles. The molecule has 0 unspecified atom stereocenters. The molecule has 0 amide bonds. The molecule has 0 spiro atoms. The highest BCUT2D eigenvalue weighted by molar-refractivity contribution is 5.78. The number of benzene rings is 1. The van der Waals surface area contributed by atoms with Gasteiger partial charge < -0.3 is 4.90 Å². The summed E-state index contributed by atoms with van der Waals surface area (Å²) in [6, 6.07) is 6.08. The average Bonchev–Trinajstić information content (AvgIpc) is 2.81. The molecule has 1 aromatic carbocycles. The first-order valence-electron chi connectivity index (χ1n) is 6.47. The van der Waals surface area contributed by atoms with Crippen molar-refractivity contribution in [2.75, 3.05) is 18.5 Å². The Kier molecular flexibility index (Phi) is 3.82. The van der Waals surface area contributed by atoms with Crippen molar-refractivity contribution >= 4 is 12.0 Å². The third kappa shape index (κ3) is 2.87. The predicted molar refractivity (Wildman–Crippen MR) is 71.8 cm³/mol. The van der Waals surface area contributed by atoms with E-state index >= 15 is 0 Å². The van der Waals surface area contributed by atoms with Crippen LogP contribution in [0.5, 0.6) is 0 Å². The highest BCUT2D eigenvalue weighted by Crippen LogP contribution is 2.27. The first-order chi connectivity index (χ1) is 8.20. The monoisotopic (exact) mass is 231 g/mol. The molecule has 0 atom stereocenters. The van der Waals surface area contributed by atoms with Crippen molar-refractivity contribution < 1.29 is 4.79 Å². The van der Waals surface area contributed by atoms with Crippen molar-refractivity contribution in [2.45, 2.75) is 32.6 Å². The standard InChI is InChI=1S/C15H21NO/c1-12-9-15(8-7-14(12)11-17)16(2)10-13-5-3-4-6-13/h7-9,11,13H,3-6,10H2,1-2H3. The lowest BCUT2D eigenvalue weighted by atomic mass is 10.1. The van der Waals surface area contributed by atoms with E-state index < -0.39 is 0 Å². The van der Waals surface area contributed by atoms with Gasteiger partial charge in [-0.1, -0.05) is 12.8 Å². The fourth-order valence-corrected chi connectivity index (χ4v) is 2.72. The zero-order valence-corrected chi connectivity index (χ0v) is 10.8. The summed E-state index contributed by atoms with van der Waals surface area (Å²) >= 11 is 0. The van der Waals surface area contributed by atoms with Crippen LogP contribution in [-0.2, 0) is 0 Å². The van der Waals surface area contributed by atoms with Gasteiger partial charge in [0.1, 0.15) is 6.29 Å². The smallest absolute Gasteiger partial charge is 0.150 e. The van der Waals surface area contributed by atoms with Gasteiger partial charge >= 0.3 is 0 Å². The lowest BCUT2D eigenvalue weighted by Crippen LogP contribution is -2.24. The number of anilines is 1. The Morgan fingerprint density at radius 1 is 1.35 bits per heavy atom. The Morgan fingerprint density at radius 2 is 2.06 bits per heavy atom. The van der Waals surface area contributed by atoms with Crippen LogP contribution >= 0.6 is 0 Å². The number of hydrogen-bond acceptors (Lipinski definition) is 2. The fourth-order valence-electron chi connectivity index (χ4n) is 2.72. The number of carbonyl (C=O) groups excluding carboxylic acids is 1. The molecular weight excluding hydrogens is 210 g/mol. The van der Waals surface area contributed by atoms with Crippen molar-refractivity contribution in [1.82, 2.24) is 0 Å². The molecule has 2 rings (SSSR count). The highest BCUT2D eigenvalue weighted by Gasteiger charge is 2.17. The zero-order chi connectivity index (χ0) is 12.3. The molecule has 0 bridgehead atoms. The minimum atomic E-state index is 0.794. The summed E-state index contributed by atoms with van der Waals surface area (Å²) < 4.78 is 0. The van der Waals surface area contributed by atoms with Gasteiger partial charge in [-0.05, 0) is 49.4 Å². The maximum absolute atomic E-state index is 10.8. The SMILES string of the molecule is Cc1cc(N(C)CC2CCCC2)ccc1C=O. The van der Waals surface area contributed by atoms with E-state index in [-0.39, 0.29) is 0 Å². The van der Waals surface area contributed by atoms with E-state index in [1.54, 1.807) is 0 Å². The van der Waals surface area contributed by atoms with Gasteiger partial charge in [-0.25, -0.2) is 0 Å². The molecule has 0 aliphatic heterocycles. The molecule has 0 saturated heterocycles. The number of hydrogen-bond donors (Lipinski definition) is 0. The number of carbonyl (C=O) groups is 1. The molecule has 92 valence electrons. The molecule has 0 aromatic heterocycles. The van der Waals surface area contributed by atoms with Gasteiger partial charge in [-0.2, -0.15) is 0 Å². The van der Waals surface area contributed by atoms with Gasteiger partial charge in [0.05, 0.1) is 0 Å². The Hall–Kier alpha value is -1.31. The third-order valence-corrected chi connectivity index (χ3v) is 3.83. The first kappa shape index (κ1) is 12.2. The summed E-state index contributed by atoms with van der Waals surface area (Å²) in [7, 11) is 2.15. The summed E-state index contributed by atoms with van der Waals surface area (Å²) in [6.45, 7) is 3.14. The Morgan fingerprint density at radius 3 is 2.65 bits per heavy atom. The summed E-state index contributed by atoms with van der Waals surface area (Å²) in [5.74, 6) is 0.853. The van der Waals surface area contributed by atoms with E-state index in [1.807, 2.05) is 19.1 Å². The van der Waals surface area contributed by atoms with E-state index in [0.717, 1.165) is 29.9 Å². The van der Waals surface area contributed by atoms with E-state index in [9.17, 15) is 4.79 Å². The quantitative estimate of drug-likeness (QED) is 0.740. The molecule has 2 heteroatoms. The molecule has 1 aliphatic rings. The van der Waals surface area contributed by atoms with Crippen molar-refractivity contribution in [3.63, 3.8) is 0 Å². The second-order valence-corrected chi connectivity index (χ2v) is 5.19. The van der Waals surface area contributed by atoms with Crippen LogP contribution in [0.4, 0.5) is 5.69 Å². The molecule has 0 N–H and O–H groups in total. The molecule has 17 heavy (non-hydrogen) atoms. The molecule has 0 heterocycles. The van der Waals surface area contributed by atoms with Crippen LogP contribution in [-0.4, -0.2) is 19.9 Å². The summed E-state index contributed by atoms with van der Waals surface area (Å²) in [5.41, 5.74) is 3.08. The highest BCUT2D eigenvalue weighted by atomic mass is 16.1. The van der Waals surface area contributed by atoms with Crippen LogP contribution in [0, 0.1) is 12.8 Å². The van der Waals surface area contributed by atoms with Crippen molar-refractivity contribution in [1.29, 1.82) is 0 Å². The molecular formula is C15H21NO. The lowest BCUT2D eigenvalue weighted by Gasteiger charge is -2.23. The van der Waals surface area contributed by atoms with Gasteiger partial charge in [-0.3, -0.25) is 4.79 Å². The van der Waals surface area contributed by atoms with E-state index in [0.29, 0.717) is 0 Å². The minimum Gasteiger partial charge on any atom is -0.374 e. The van der Waals surface area contributed by atoms with Gasteiger partial charge in [0, 0.05) is 24.8 Å². The fraction of sp³-hybridized carbons (Fsp3) is 0.533. The number of aryl methyl sites for hydroxylation is 1. The van der Waals surface area contributed by atoms with E-state index in [1.165, 1.54) is 31.4 Å². The van der Waals surface area contributed by atoms with Crippen molar-refractivity contribution in [3.8, 4) is 0 Å². The molecule has 0 radical (unpaired) electrons. The summed E-state index contributed by atoms with van der Waals surface area (Å²) in [5, 5.41) is 0. The number of aldehydes is 1. The van der Waals surface area contributed by atoms with Gasteiger partial charge in [0.15, 0.2) is 0 Å². The third-order valence-electron chi connectivity index (χ3n) is 3.83. The van der Waals surface area contributed by atoms with Gasteiger partial charge in [-0.15, -0.1) is 0 Å². The van der Waals surface area contributed by atoms with Crippen molar-refractivity contribution in [3.05, 3.63) is 29.3 Å². The van der Waals surface area contributed by atoms with E-state index in [2.05, 4.69) is 18.0 Å². The van der Waals surface area contributed by atoms with Crippen LogP contribution in [0.2, 0.25) is 0 Å². The normalized spacial score (nSPS) is 16.1. The van der Waals surface area contributed by atoms with Crippen LogP contribution in [0.25, 0.3) is 0 Å². The Bertz CT molecular complexity index is 394. The maximum atomic E-state index is 10.8. The summed E-state index contributed by atoms with van der Waals surface area (Å²) in [6.07, 6.45) is 6.45. The van der Waals surface area contributed by atoms with Crippen molar-refractivity contribution in [2.24, 2.45) is 5.92 Å². The zero-order valence-electron chi connectivity index (χ0n) is 10.8. The van der Waals surface area contributed by atoms with Gasteiger partial charge in [0.25, 0.3) is 0 Å². The Labute approximate surface area is 104 Å². The van der Waals surface area contributed by atoms with Crippen LogP contribution < -0.4 is 4.90 Å². The average molecular weight is 231 g/mol. The number of rotatable bonds is 4. The molecule has 2 nitrogen and oxygen atoms in total. The van der Waals surface area contributed by atoms with Crippen LogP contribution in [0.15, 0.2) is 18.2 Å². The maximum Gasteiger partial charge on any atom is 0.150 e. The first-order valence-corrected chi connectivity index (χ1v) is 6.47. The topological polar surface area (TPSA) is 20.3 Å². The summed E-state index contributed by atoms with van der Waals surface area (Å²) in [4.78, 5) is 13.1. The van der Waals surface area contributed by atoms with Crippen LogP contribution in [0.1, 0.15) is 41.6 Å². The van der Waals surface area contributed by atoms with Crippen LogP contribution in [0.3, 0.4) is 0 Å². The number of nitrogens with zero attached hydrogens (tertiary/aromatic N) is 1. The predicted octanol–water partition coefficient (Wildman–Crippen LogP) is 3.43. The van der Waals surface area contributed by atoms with E-state index in [4.69, 9.17) is 0 Å². The minimum absolute atomic E-state index is 0.794. The molecule has 1 aromatic rings. The van der Waals surface area contributed by atoms with Gasteiger partial charge in [0.2, 0.25) is 0 Å². The Balaban J connectivity index is 2.05. The molecule has 1 aliphatic carbocycles. The lowest BCUT2D eigenvalue weighted by molar-refractivity contribution is 0.112. The largest absolute Gasteiger partial charge is 0.374 e. The second-order valence-electron chi connectivity index (χ2n) is 5.19. The second kappa shape index (κ2) is 5.35.